The predicted octanol–water partition coefficient (Wildman–Crippen LogP) is 1.85. The van der Waals surface area contributed by atoms with Gasteiger partial charge in [-0.25, -0.2) is 4.79 Å². The molecule has 0 aromatic heterocycles. The Bertz CT molecular complexity index is 377. The smallest absolute Gasteiger partial charge is 0.327 e. The molecule has 2 N–H and O–H groups in total. The lowest BCUT2D eigenvalue weighted by atomic mass is 10.0. The van der Waals surface area contributed by atoms with Crippen LogP contribution in [-0.2, 0) is 9.53 Å². The molecule has 1 unspecified atom stereocenters. The summed E-state index contributed by atoms with van der Waals surface area (Å²) < 4.78 is 4.74. The van der Waals surface area contributed by atoms with Gasteiger partial charge < -0.3 is 15.2 Å². The maximum atomic E-state index is 11.7. The van der Waals surface area contributed by atoms with Gasteiger partial charge in [-0.1, -0.05) is 32.0 Å². The summed E-state index contributed by atoms with van der Waals surface area (Å²) in [6, 6.07) is 6.15. The first-order chi connectivity index (χ1) is 8.06. The lowest BCUT2D eigenvalue weighted by Crippen LogP contribution is -2.32. The number of phenolic OH excluding ortho intramolecular Hbond substituents is 1. The molecular formula is C13H19NO3. The van der Waals surface area contributed by atoms with Crippen molar-refractivity contribution in [2.75, 3.05) is 13.7 Å². The second-order valence-corrected chi connectivity index (χ2v) is 4.32. The number of rotatable bonds is 5. The highest BCUT2D eigenvalue weighted by Gasteiger charge is 2.23. The highest BCUT2D eigenvalue weighted by Crippen LogP contribution is 2.24. The fourth-order valence-electron chi connectivity index (χ4n) is 1.52. The van der Waals surface area contributed by atoms with Gasteiger partial charge in [-0.05, 0) is 18.5 Å². The number of phenols is 1. The summed E-state index contributed by atoms with van der Waals surface area (Å²) in [5, 5.41) is 12.8. The standard InChI is InChI=1S/C13H19NO3/c1-9(2)8-14-12(13(16)17-3)10-6-4-5-7-11(10)15/h4-7,9,12,14-15H,8H2,1-3H3. The summed E-state index contributed by atoms with van der Waals surface area (Å²) >= 11 is 0. The molecule has 0 bridgehead atoms. The van der Waals surface area contributed by atoms with Gasteiger partial charge in [0.2, 0.25) is 0 Å². The molecule has 0 spiro atoms. The van der Waals surface area contributed by atoms with Crippen LogP contribution in [0.25, 0.3) is 0 Å². The van der Waals surface area contributed by atoms with Gasteiger partial charge in [0.15, 0.2) is 0 Å². The fourth-order valence-corrected chi connectivity index (χ4v) is 1.52. The Morgan fingerprint density at radius 1 is 1.41 bits per heavy atom. The molecule has 94 valence electrons. The summed E-state index contributed by atoms with van der Waals surface area (Å²) in [6.07, 6.45) is 0. The van der Waals surface area contributed by atoms with Gasteiger partial charge in [-0.3, -0.25) is 0 Å². The summed E-state index contributed by atoms with van der Waals surface area (Å²) in [4.78, 5) is 11.7. The number of para-hydroxylation sites is 1. The molecule has 0 aliphatic heterocycles. The van der Waals surface area contributed by atoms with Crippen molar-refractivity contribution in [3.63, 3.8) is 0 Å². The quantitative estimate of drug-likeness (QED) is 0.767. The third-order valence-corrected chi connectivity index (χ3v) is 2.41. The molecule has 1 aromatic carbocycles. The van der Waals surface area contributed by atoms with Crippen LogP contribution >= 0.6 is 0 Å². The molecule has 1 atom stereocenters. The molecule has 1 rings (SSSR count). The molecule has 0 aliphatic rings. The van der Waals surface area contributed by atoms with E-state index in [1.54, 1.807) is 24.3 Å². The van der Waals surface area contributed by atoms with Gasteiger partial charge in [-0.15, -0.1) is 0 Å². The number of carbonyl (C=O) groups is 1. The van der Waals surface area contributed by atoms with Crippen molar-refractivity contribution in [2.24, 2.45) is 5.92 Å². The van der Waals surface area contributed by atoms with E-state index in [-0.39, 0.29) is 5.75 Å². The average molecular weight is 237 g/mol. The van der Waals surface area contributed by atoms with Crippen molar-refractivity contribution < 1.29 is 14.6 Å². The molecule has 4 nitrogen and oxygen atoms in total. The first kappa shape index (κ1) is 13.5. The molecule has 0 saturated heterocycles. The van der Waals surface area contributed by atoms with Crippen molar-refractivity contribution >= 4 is 5.97 Å². The topological polar surface area (TPSA) is 58.6 Å². The summed E-state index contributed by atoms with van der Waals surface area (Å²) in [7, 11) is 1.34. The van der Waals surface area contributed by atoms with Crippen LogP contribution in [0.2, 0.25) is 0 Å². The van der Waals surface area contributed by atoms with E-state index in [2.05, 4.69) is 5.32 Å². The van der Waals surface area contributed by atoms with E-state index in [9.17, 15) is 9.90 Å². The monoisotopic (exact) mass is 237 g/mol. The molecule has 17 heavy (non-hydrogen) atoms. The SMILES string of the molecule is COC(=O)C(NCC(C)C)c1ccccc1O. The van der Waals surface area contributed by atoms with E-state index < -0.39 is 12.0 Å². The van der Waals surface area contributed by atoms with Crippen LogP contribution in [0.3, 0.4) is 0 Å². The minimum Gasteiger partial charge on any atom is -0.508 e. The van der Waals surface area contributed by atoms with Crippen molar-refractivity contribution in [1.29, 1.82) is 0 Å². The summed E-state index contributed by atoms with van der Waals surface area (Å²) in [5.74, 6) is 0.110. The Labute approximate surface area is 102 Å². The molecular weight excluding hydrogens is 218 g/mol. The van der Waals surface area contributed by atoms with Crippen LogP contribution in [0.1, 0.15) is 25.5 Å². The second kappa shape index (κ2) is 6.25. The van der Waals surface area contributed by atoms with E-state index in [1.165, 1.54) is 7.11 Å². The van der Waals surface area contributed by atoms with Crippen molar-refractivity contribution in [2.45, 2.75) is 19.9 Å². The van der Waals surface area contributed by atoms with E-state index in [0.717, 1.165) is 0 Å². The lowest BCUT2D eigenvalue weighted by Gasteiger charge is -2.19. The normalized spacial score (nSPS) is 12.5. The Morgan fingerprint density at radius 2 is 2.06 bits per heavy atom. The fraction of sp³-hybridized carbons (Fsp3) is 0.462. The van der Waals surface area contributed by atoms with Crippen LogP contribution in [0.5, 0.6) is 5.75 Å². The molecule has 0 radical (unpaired) electrons. The van der Waals surface area contributed by atoms with Crippen molar-refractivity contribution in [3.05, 3.63) is 29.8 Å². The van der Waals surface area contributed by atoms with E-state index >= 15 is 0 Å². The average Bonchev–Trinajstić information content (AvgIpc) is 2.30. The van der Waals surface area contributed by atoms with Gasteiger partial charge in [0.25, 0.3) is 0 Å². The number of hydrogen-bond acceptors (Lipinski definition) is 4. The summed E-state index contributed by atoms with van der Waals surface area (Å²) in [6.45, 7) is 4.77. The number of hydrogen-bond donors (Lipinski definition) is 2. The lowest BCUT2D eigenvalue weighted by molar-refractivity contribution is -0.143. The van der Waals surface area contributed by atoms with E-state index in [4.69, 9.17) is 4.74 Å². The molecule has 0 heterocycles. The van der Waals surface area contributed by atoms with Crippen LogP contribution in [0.15, 0.2) is 24.3 Å². The van der Waals surface area contributed by atoms with E-state index in [0.29, 0.717) is 18.0 Å². The first-order valence-corrected chi connectivity index (χ1v) is 5.65. The Hall–Kier alpha value is -1.55. The van der Waals surface area contributed by atoms with Crippen LogP contribution in [-0.4, -0.2) is 24.7 Å². The van der Waals surface area contributed by atoms with Gasteiger partial charge in [0.05, 0.1) is 7.11 Å². The maximum Gasteiger partial charge on any atom is 0.327 e. The summed E-state index contributed by atoms with van der Waals surface area (Å²) in [5.41, 5.74) is 0.542. The second-order valence-electron chi connectivity index (χ2n) is 4.32. The van der Waals surface area contributed by atoms with Crippen molar-refractivity contribution in [1.82, 2.24) is 5.32 Å². The molecule has 0 saturated carbocycles. The zero-order valence-corrected chi connectivity index (χ0v) is 10.4. The predicted molar refractivity (Wildman–Crippen MR) is 65.7 cm³/mol. The Balaban J connectivity index is 2.90. The number of aromatic hydroxyl groups is 1. The third kappa shape index (κ3) is 3.75. The van der Waals surface area contributed by atoms with Gasteiger partial charge in [0.1, 0.15) is 11.8 Å². The third-order valence-electron chi connectivity index (χ3n) is 2.41. The Kier molecular flexibility index (Phi) is 4.97. The van der Waals surface area contributed by atoms with Gasteiger partial charge in [0, 0.05) is 5.56 Å². The number of nitrogens with one attached hydrogen (secondary N) is 1. The molecule has 1 aromatic rings. The molecule has 0 fully saturated rings. The minimum atomic E-state index is -0.622. The Morgan fingerprint density at radius 3 is 2.59 bits per heavy atom. The molecule has 0 aliphatic carbocycles. The highest BCUT2D eigenvalue weighted by atomic mass is 16.5. The minimum absolute atomic E-state index is 0.0964. The number of esters is 1. The number of benzene rings is 1. The van der Waals surface area contributed by atoms with E-state index in [1.807, 2.05) is 13.8 Å². The number of carbonyl (C=O) groups excluding carboxylic acids is 1. The van der Waals surface area contributed by atoms with Crippen LogP contribution in [0.4, 0.5) is 0 Å². The van der Waals surface area contributed by atoms with Gasteiger partial charge in [-0.2, -0.15) is 0 Å². The first-order valence-electron chi connectivity index (χ1n) is 5.65. The zero-order chi connectivity index (χ0) is 12.8. The molecule has 4 heteroatoms. The highest BCUT2D eigenvalue weighted by molar-refractivity contribution is 5.78. The van der Waals surface area contributed by atoms with Gasteiger partial charge >= 0.3 is 5.97 Å². The number of ether oxygens (including phenoxy) is 1. The van der Waals surface area contributed by atoms with Crippen LogP contribution < -0.4 is 5.32 Å². The van der Waals surface area contributed by atoms with Crippen molar-refractivity contribution in [3.8, 4) is 5.75 Å². The number of methoxy groups -OCH3 is 1. The largest absolute Gasteiger partial charge is 0.508 e. The van der Waals surface area contributed by atoms with Crippen LogP contribution in [0, 0.1) is 5.92 Å². The zero-order valence-electron chi connectivity index (χ0n) is 10.4. The maximum absolute atomic E-state index is 11.7. The molecule has 0 amide bonds.